The van der Waals surface area contributed by atoms with Crippen molar-refractivity contribution in [1.29, 1.82) is 0 Å². The normalized spacial score (nSPS) is 19.6. The van der Waals surface area contributed by atoms with Crippen LogP contribution >= 0.6 is 0 Å². The van der Waals surface area contributed by atoms with Gasteiger partial charge in [-0.1, -0.05) is 37.6 Å². The molecule has 1 aromatic carbocycles. The molecule has 1 aromatic rings. The lowest BCUT2D eigenvalue weighted by molar-refractivity contribution is 0.0935. The Kier molecular flexibility index (Phi) is 4.41. The van der Waals surface area contributed by atoms with Crippen LogP contribution in [0.3, 0.4) is 0 Å². The van der Waals surface area contributed by atoms with E-state index in [4.69, 9.17) is 5.73 Å². The van der Waals surface area contributed by atoms with E-state index in [0.29, 0.717) is 6.04 Å². The monoisotopic (exact) mass is 246 g/mol. The lowest BCUT2D eigenvalue weighted by Gasteiger charge is -2.42. The summed E-state index contributed by atoms with van der Waals surface area (Å²) < 4.78 is 0. The first-order valence-electron chi connectivity index (χ1n) is 7.18. The zero-order valence-electron chi connectivity index (χ0n) is 11.9. The fourth-order valence-corrected chi connectivity index (χ4v) is 2.92. The minimum absolute atomic E-state index is 0.219. The third-order valence-electron chi connectivity index (χ3n) is 4.47. The van der Waals surface area contributed by atoms with Crippen LogP contribution in [0.15, 0.2) is 24.3 Å². The third-order valence-corrected chi connectivity index (χ3v) is 4.47. The summed E-state index contributed by atoms with van der Waals surface area (Å²) in [5.41, 5.74) is 9.16. The average molecular weight is 246 g/mol. The van der Waals surface area contributed by atoms with Crippen LogP contribution in [0.1, 0.15) is 49.8 Å². The second-order valence-corrected chi connectivity index (χ2v) is 5.62. The zero-order valence-corrected chi connectivity index (χ0v) is 11.9. The van der Waals surface area contributed by atoms with Crippen molar-refractivity contribution in [3.05, 3.63) is 35.4 Å². The maximum atomic E-state index is 6.39. The molecule has 0 amide bonds. The molecule has 0 bridgehead atoms. The Morgan fingerprint density at radius 2 is 2.00 bits per heavy atom. The van der Waals surface area contributed by atoms with Crippen molar-refractivity contribution in [2.24, 2.45) is 5.73 Å². The highest BCUT2D eigenvalue weighted by Gasteiger charge is 2.31. The lowest BCUT2D eigenvalue weighted by Crippen LogP contribution is -2.46. The van der Waals surface area contributed by atoms with Gasteiger partial charge < -0.3 is 5.73 Å². The van der Waals surface area contributed by atoms with Crippen molar-refractivity contribution >= 4 is 0 Å². The van der Waals surface area contributed by atoms with Gasteiger partial charge in [0, 0.05) is 12.1 Å². The molecule has 0 aliphatic heterocycles. The predicted molar refractivity (Wildman–Crippen MR) is 77.6 cm³/mol. The second-order valence-electron chi connectivity index (χ2n) is 5.62. The predicted octanol–water partition coefficient (Wildman–Crippen LogP) is 3.26. The van der Waals surface area contributed by atoms with Crippen LogP contribution < -0.4 is 5.73 Å². The zero-order chi connectivity index (χ0) is 13.1. The highest BCUT2D eigenvalue weighted by atomic mass is 15.2. The minimum atomic E-state index is 0.219. The van der Waals surface area contributed by atoms with Gasteiger partial charge in [-0.2, -0.15) is 0 Å². The molecule has 0 saturated heterocycles. The van der Waals surface area contributed by atoms with Gasteiger partial charge in [0.1, 0.15) is 0 Å². The van der Waals surface area contributed by atoms with Crippen molar-refractivity contribution in [3.8, 4) is 0 Å². The first-order chi connectivity index (χ1) is 8.65. The van der Waals surface area contributed by atoms with Crippen molar-refractivity contribution in [2.45, 2.75) is 57.7 Å². The van der Waals surface area contributed by atoms with Crippen LogP contribution in [-0.2, 0) is 0 Å². The summed E-state index contributed by atoms with van der Waals surface area (Å²) in [7, 11) is 2.25. The van der Waals surface area contributed by atoms with Gasteiger partial charge in [-0.15, -0.1) is 0 Å². The molecule has 1 fully saturated rings. The molecule has 2 heteroatoms. The standard InChI is InChI=1S/C16H26N2/c1-4-15(17)16(18(3)13-9-7-10-13)14-11-6-5-8-12(14)2/h5-6,8,11,13,15-16H,4,7,9-10,17H2,1-3H3. The molecule has 18 heavy (non-hydrogen) atoms. The number of benzene rings is 1. The minimum Gasteiger partial charge on any atom is -0.326 e. The summed E-state index contributed by atoms with van der Waals surface area (Å²) in [5.74, 6) is 0. The number of nitrogens with two attached hydrogens (primary N) is 1. The molecular weight excluding hydrogens is 220 g/mol. The molecule has 2 nitrogen and oxygen atoms in total. The maximum absolute atomic E-state index is 6.39. The lowest BCUT2D eigenvalue weighted by atomic mass is 9.86. The summed E-state index contributed by atoms with van der Waals surface area (Å²) in [6, 6.07) is 9.98. The molecular formula is C16H26N2. The Morgan fingerprint density at radius 1 is 1.33 bits per heavy atom. The number of aryl methyl sites for hydroxylation is 1. The van der Waals surface area contributed by atoms with E-state index >= 15 is 0 Å². The molecule has 0 aromatic heterocycles. The first-order valence-corrected chi connectivity index (χ1v) is 7.18. The highest BCUT2D eigenvalue weighted by Crippen LogP contribution is 2.34. The molecule has 1 aliphatic rings. The summed E-state index contributed by atoms with van der Waals surface area (Å²) >= 11 is 0. The molecule has 2 rings (SSSR count). The van der Waals surface area contributed by atoms with E-state index in [2.05, 4.69) is 50.1 Å². The Hall–Kier alpha value is -0.860. The van der Waals surface area contributed by atoms with Crippen molar-refractivity contribution in [3.63, 3.8) is 0 Å². The van der Waals surface area contributed by atoms with Crippen LogP contribution in [0.5, 0.6) is 0 Å². The molecule has 2 atom stereocenters. The van der Waals surface area contributed by atoms with Crippen LogP contribution in [0.4, 0.5) is 0 Å². The summed E-state index contributed by atoms with van der Waals surface area (Å²) in [4.78, 5) is 2.51. The van der Waals surface area contributed by atoms with E-state index in [-0.39, 0.29) is 6.04 Å². The fourth-order valence-electron chi connectivity index (χ4n) is 2.92. The summed E-state index contributed by atoms with van der Waals surface area (Å²) in [6.45, 7) is 4.38. The first kappa shape index (κ1) is 13.6. The van der Waals surface area contributed by atoms with E-state index in [0.717, 1.165) is 12.5 Å². The van der Waals surface area contributed by atoms with Crippen LogP contribution in [-0.4, -0.2) is 24.0 Å². The molecule has 0 heterocycles. The maximum Gasteiger partial charge on any atom is 0.0501 e. The Labute approximate surface area is 111 Å². The van der Waals surface area contributed by atoms with Crippen LogP contribution in [0, 0.1) is 6.92 Å². The Morgan fingerprint density at radius 3 is 2.50 bits per heavy atom. The summed E-state index contributed by atoms with van der Waals surface area (Å²) in [5, 5.41) is 0. The van der Waals surface area contributed by atoms with Crippen LogP contribution in [0.25, 0.3) is 0 Å². The van der Waals surface area contributed by atoms with E-state index in [1.54, 1.807) is 0 Å². The smallest absolute Gasteiger partial charge is 0.0501 e. The number of hydrogen-bond acceptors (Lipinski definition) is 2. The summed E-state index contributed by atoms with van der Waals surface area (Å²) in [6.07, 6.45) is 5.05. The van der Waals surface area contributed by atoms with E-state index in [9.17, 15) is 0 Å². The van der Waals surface area contributed by atoms with Gasteiger partial charge in [0.25, 0.3) is 0 Å². The Balaban J connectivity index is 2.27. The molecule has 0 radical (unpaired) electrons. The quantitative estimate of drug-likeness (QED) is 0.864. The number of rotatable bonds is 5. The Bertz CT molecular complexity index is 384. The SMILES string of the molecule is CCC(N)C(c1ccccc1C)N(C)C1CCC1. The van der Waals surface area contributed by atoms with E-state index in [1.165, 1.54) is 30.4 Å². The molecule has 0 spiro atoms. The number of nitrogens with zero attached hydrogens (tertiary/aromatic N) is 1. The average Bonchev–Trinajstić information content (AvgIpc) is 2.29. The van der Waals surface area contributed by atoms with Gasteiger partial charge >= 0.3 is 0 Å². The van der Waals surface area contributed by atoms with E-state index in [1.807, 2.05) is 0 Å². The van der Waals surface area contributed by atoms with Gasteiger partial charge in [0.05, 0.1) is 6.04 Å². The van der Waals surface area contributed by atoms with Gasteiger partial charge in [-0.25, -0.2) is 0 Å². The largest absolute Gasteiger partial charge is 0.326 e. The third kappa shape index (κ3) is 2.60. The van der Waals surface area contributed by atoms with Gasteiger partial charge in [0.15, 0.2) is 0 Å². The van der Waals surface area contributed by atoms with Crippen molar-refractivity contribution < 1.29 is 0 Å². The molecule has 2 unspecified atom stereocenters. The van der Waals surface area contributed by atoms with Gasteiger partial charge in [-0.3, -0.25) is 4.90 Å². The van der Waals surface area contributed by atoms with Crippen LogP contribution in [0.2, 0.25) is 0 Å². The number of hydrogen-bond donors (Lipinski definition) is 1. The molecule has 1 aliphatic carbocycles. The van der Waals surface area contributed by atoms with Gasteiger partial charge in [0.2, 0.25) is 0 Å². The number of likely N-dealkylation sites (N-methyl/N-ethyl adjacent to an activating group) is 1. The second kappa shape index (κ2) is 5.85. The topological polar surface area (TPSA) is 29.3 Å². The van der Waals surface area contributed by atoms with Crippen molar-refractivity contribution in [2.75, 3.05) is 7.05 Å². The van der Waals surface area contributed by atoms with Gasteiger partial charge in [-0.05, 0) is 44.4 Å². The molecule has 1 saturated carbocycles. The molecule has 100 valence electrons. The van der Waals surface area contributed by atoms with E-state index < -0.39 is 0 Å². The van der Waals surface area contributed by atoms with Crippen molar-refractivity contribution in [1.82, 2.24) is 4.90 Å². The highest BCUT2D eigenvalue weighted by molar-refractivity contribution is 5.30. The molecule has 2 N–H and O–H groups in total. The fraction of sp³-hybridized carbons (Fsp3) is 0.625.